The monoisotopic (exact) mass is 471 g/mol. The largest absolute Gasteiger partial charge is 0.476 e. The van der Waals surface area contributed by atoms with Crippen LogP contribution in [0.5, 0.6) is 11.6 Å². The summed E-state index contributed by atoms with van der Waals surface area (Å²) in [4.78, 5) is 22.1. The minimum atomic E-state index is -4.58. The quantitative estimate of drug-likeness (QED) is 0.436. The summed E-state index contributed by atoms with van der Waals surface area (Å²) < 4.78 is 47.4. The number of pyridine rings is 1. The van der Waals surface area contributed by atoms with E-state index in [9.17, 15) is 18.0 Å². The summed E-state index contributed by atoms with van der Waals surface area (Å²) >= 11 is 12.0. The van der Waals surface area contributed by atoms with E-state index in [-0.39, 0.29) is 38.6 Å². The van der Waals surface area contributed by atoms with E-state index in [0.29, 0.717) is 0 Å². The number of aromatic carboxylic acids is 1. The Morgan fingerprint density at radius 1 is 1.10 bits per heavy atom. The molecular formula is C20H14Cl2F3N3O3. The first kappa shape index (κ1) is 22.8. The second-order valence-corrected chi connectivity index (χ2v) is 7.34. The molecule has 0 fully saturated rings. The fourth-order valence-corrected chi connectivity index (χ4v) is 3.56. The highest BCUT2D eigenvalue weighted by Gasteiger charge is 2.45. The number of hydrogen-bond acceptors (Lipinski definition) is 5. The zero-order valence-electron chi connectivity index (χ0n) is 15.8. The van der Waals surface area contributed by atoms with Crippen LogP contribution >= 0.6 is 23.2 Å². The van der Waals surface area contributed by atoms with Crippen molar-refractivity contribution in [3.63, 3.8) is 0 Å². The van der Waals surface area contributed by atoms with Gasteiger partial charge < -0.3 is 9.84 Å². The molecule has 11 heteroatoms. The summed E-state index contributed by atoms with van der Waals surface area (Å²) in [6.45, 7) is 1.40. The molecule has 0 saturated heterocycles. The first-order valence-corrected chi connectivity index (χ1v) is 9.52. The van der Waals surface area contributed by atoms with Gasteiger partial charge in [-0.25, -0.2) is 19.7 Å². The lowest BCUT2D eigenvalue weighted by molar-refractivity contribution is -0.154. The average molecular weight is 472 g/mol. The van der Waals surface area contributed by atoms with Gasteiger partial charge in [-0.15, -0.1) is 0 Å². The number of benzene rings is 1. The number of nitrogens with zero attached hydrogens (tertiary/aromatic N) is 3. The fraction of sp³-hybridized carbons (Fsp3) is 0.200. The number of halogens is 5. The van der Waals surface area contributed by atoms with E-state index in [1.807, 2.05) is 0 Å². The zero-order chi connectivity index (χ0) is 22.8. The fourth-order valence-electron chi connectivity index (χ4n) is 3.09. The number of alkyl halides is 3. The molecule has 2 atom stereocenters. The lowest BCUT2D eigenvalue weighted by Crippen LogP contribution is -2.26. The Balaban J connectivity index is 1.94. The van der Waals surface area contributed by atoms with Gasteiger partial charge in [-0.2, -0.15) is 13.2 Å². The van der Waals surface area contributed by atoms with E-state index in [1.54, 1.807) is 0 Å². The Bertz CT molecular complexity index is 1100. The molecule has 3 aromatic rings. The van der Waals surface area contributed by atoms with Crippen molar-refractivity contribution >= 4 is 29.2 Å². The van der Waals surface area contributed by atoms with Crippen molar-refractivity contribution < 1.29 is 27.8 Å². The van der Waals surface area contributed by atoms with Crippen LogP contribution in [-0.4, -0.2) is 32.2 Å². The molecule has 0 amide bonds. The summed E-state index contributed by atoms with van der Waals surface area (Å²) in [5.74, 6) is -4.10. The molecule has 0 radical (unpaired) electrons. The second-order valence-electron chi connectivity index (χ2n) is 6.55. The first-order valence-electron chi connectivity index (χ1n) is 8.77. The highest BCUT2D eigenvalue weighted by molar-refractivity contribution is 6.31. The van der Waals surface area contributed by atoms with E-state index in [0.717, 1.165) is 12.4 Å². The van der Waals surface area contributed by atoms with Crippen LogP contribution in [0.25, 0.3) is 0 Å². The second kappa shape index (κ2) is 9.07. The number of carboxylic acids is 1. The lowest BCUT2D eigenvalue weighted by Gasteiger charge is -2.28. The van der Waals surface area contributed by atoms with Gasteiger partial charge >= 0.3 is 12.1 Å². The Kier molecular flexibility index (Phi) is 6.66. The van der Waals surface area contributed by atoms with Crippen molar-refractivity contribution in [2.45, 2.75) is 24.9 Å². The van der Waals surface area contributed by atoms with E-state index in [4.69, 9.17) is 33.0 Å². The molecule has 6 nitrogen and oxygen atoms in total. The van der Waals surface area contributed by atoms with Gasteiger partial charge in [0.2, 0.25) is 5.88 Å². The van der Waals surface area contributed by atoms with Crippen molar-refractivity contribution in [1.82, 2.24) is 15.0 Å². The number of carbonyl (C=O) groups is 1. The molecule has 3 rings (SSSR count). The number of rotatable bonds is 6. The minimum absolute atomic E-state index is 0.0285. The predicted molar refractivity (Wildman–Crippen MR) is 107 cm³/mol. The van der Waals surface area contributed by atoms with Gasteiger partial charge in [0.05, 0.1) is 18.3 Å². The van der Waals surface area contributed by atoms with E-state index in [2.05, 4.69) is 15.0 Å². The van der Waals surface area contributed by atoms with Gasteiger partial charge in [-0.1, -0.05) is 30.1 Å². The van der Waals surface area contributed by atoms with Gasteiger partial charge in [-0.3, -0.25) is 0 Å². The van der Waals surface area contributed by atoms with Crippen LogP contribution in [0.1, 0.15) is 40.4 Å². The van der Waals surface area contributed by atoms with Crippen molar-refractivity contribution in [1.29, 1.82) is 0 Å². The molecule has 2 unspecified atom stereocenters. The standard InChI is InChI=1S/C20H14Cl2F3N3O3/c1-10(18(20(23,24)25)11-4-5-26-16(22)6-11)13-7-12(2-3-14(13)21)31-17-9-27-15(8-28-17)19(29)30/h2-10,18H,1H3,(H,29,30). The molecule has 1 N–H and O–H groups in total. The highest BCUT2D eigenvalue weighted by atomic mass is 35.5. The van der Waals surface area contributed by atoms with Gasteiger partial charge in [-0.05, 0) is 47.4 Å². The third-order valence-electron chi connectivity index (χ3n) is 4.49. The summed E-state index contributed by atoms with van der Waals surface area (Å²) in [6, 6.07) is 6.67. The Morgan fingerprint density at radius 3 is 2.42 bits per heavy atom. The SMILES string of the molecule is CC(c1cc(Oc2cnc(C(=O)O)cn2)ccc1Cl)C(c1ccnc(Cl)c1)C(F)(F)F. The van der Waals surface area contributed by atoms with Gasteiger partial charge in [0, 0.05) is 11.2 Å². The Morgan fingerprint density at radius 2 is 1.84 bits per heavy atom. The first-order chi connectivity index (χ1) is 14.6. The van der Waals surface area contributed by atoms with Gasteiger partial charge in [0.15, 0.2) is 5.69 Å². The molecule has 2 heterocycles. The molecule has 0 aliphatic carbocycles. The third-order valence-corrected chi connectivity index (χ3v) is 5.04. The van der Waals surface area contributed by atoms with Crippen molar-refractivity contribution in [3.8, 4) is 11.6 Å². The summed E-state index contributed by atoms with van der Waals surface area (Å²) in [5.41, 5.74) is -0.121. The van der Waals surface area contributed by atoms with Crippen molar-refractivity contribution in [2.75, 3.05) is 0 Å². The molecule has 0 saturated carbocycles. The van der Waals surface area contributed by atoms with E-state index < -0.39 is 24.0 Å². The maximum absolute atomic E-state index is 14.0. The number of hydrogen-bond donors (Lipinski definition) is 1. The van der Waals surface area contributed by atoms with Crippen LogP contribution < -0.4 is 4.74 Å². The van der Waals surface area contributed by atoms with Crippen LogP contribution in [0, 0.1) is 0 Å². The van der Waals surface area contributed by atoms with Crippen LogP contribution in [0.15, 0.2) is 48.9 Å². The van der Waals surface area contributed by atoms with E-state index in [1.165, 1.54) is 43.5 Å². The van der Waals surface area contributed by atoms with Gasteiger partial charge in [0.1, 0.15) is 10.9 Å². The topological polar surface area (TPSA) is 85.2 Å². The Hall–Kier alpha value is -2.91. The summed E-state index contributed by atoms with van der Waals surface area (Å²) in [7, 11) is 0. The smallest absolute Gasteiger partial charge is 0.396 e. The highest BCUT2D eigenvalue weighted by Crippen LogP contribution is 2.47. The maximum atomic E-state index is 14.0. The van der Waals surface area contributed by atoms with Crippen molar-refractivity contribution in [3.05, 3.63) is 75.9 Å². The molecule has 0 aliphatic rings. The molecule has 2 aromatic heterocycles. The molecule has 162 valence electrons. The average Bonchev–Trinajstić information content (AvgIpc) is 2.69. The van der Waals surface area contributed by atoms with E-state index >= 15 is 0 Å². The van der Waals surface area contributed by atoms with Crippen LogP contribution in [0.3, 0.4) is 0 Å². The Labute approximate surface area is 184 Å². The molecular weight excluding hydrogens is 458 g/mol. The maximum Gasteiger partial charge on any atom is 0.396 e. The molecule has 0 spiro atoms. The number of ether oxygens (including phenoxy) is 1. The van der Waals surface area contributed by atoms with Crippen LogP contribution in [0.2, 0.25) is 10.2 Å². The number of aromatic nitrogens is 3. The van der Waals surface area contributed by atoms with Crippen LogP contribution in [0.4, 0.5) is 13.2 Å². The predicted octanol–water partition coefficient (Wildman–Crippen LogP) is 6.12. The number of carboxylic acid groups (broad SMARTS) is 1. The molecule has 0 aliphatic heterocycles. The molecule has 1 aromatic carbocycles. The summed E-state index contributed by atoms with van der Waals surface area (Å²) in [5, 5.41) is 8.94. The molecule has 31 heavy (non-hydrogen) atoms. The molecule has 0 bridgehead atoms. The zero-order valence-corrected chi connectivity index (χ0v) is 17.3. The third kappa shape index (κ3) is 5.42. The normalized spacial score (nSPS) is 13.5. The minimum Gasteiger partial charge on any atom is -0.476 e. The van der Waals surface area contributed by atoms with Gasteiger partial charge in [0.25, 0.3) is 0 Å². The summed E-state index contributed by atoms with van der Waals surface area (Å²) in [6.07, 6.45) is -1.27. The lowest BCUT2D eigenvalue weighted by atomic mass is 9.82. The van der Waals surface area contributed by atoms with Crippen molar-refractivity contribution in [2.24, 2.45) is 0 Å². The van der Waals surface area contributed by atoms with Crippen LogP contribution in [-0.2, 0) is 0 Å².